The number of benzene rings is 1. The van der Waals surface area contributed by atoms with Gasteiger partial charge < -0.3 is 4.52 Å². The fourth-order valence-electron chi connectivity index (χ4n) is 1.06. The van der Waals surface area contributed by atoms with Gasteiger partial charge in [0.1, 0.15) is 0 Å². The summed E-state index contributed by atoms with van der Waals surface area (Å²) in [4.78, 5) is 22.1. The van der Waals surface area contributed by atoms with E-state index in [0.717, 1.165) is 4.57 Å². The molecular formula is C8H6N2O3. The van der Waals surface area contributed by atoms with Gasteiger partial charge in [-0.05, 0) is 12.1 Å². The molecule has 2 rings (SSSR count). The van der Waals surface area contributed by atoms with Gasteiger partial charge in [-0.1, -0.05) is 18.2 Å². The Morgan fingerprint density at radius 2 is 1.85 bits per heavy atom. The third kappa shape index (κ3) is 1.20. The molecule has 0 fully saturated rings. The zero-order valence-corrected chi connectivity index (χ0v) is 6.56. The van der Waals surface area contributed by atoms with Crippen LogP contribution in [0.1, 0.15) is 0 Å². The summed E-state index contributed by atoms with van der Waals surface area (Å²) < 4.78 is 5.24. The quantitative estimate of drug-likeness (QED) is 0.674. The van der Waals surface area contributed by atoms with Gasteiger partial charge in [-0.2, -0.15) is 9.72 Å². The first kappa shape index (κ1) is 7.60. The molecule has 0 aliphatic rings. The molecule has 13 heavy (non-hydrogen) atoms. The van der Waals surface area contributed by atoms with E-state index in [-0.39, 0.29) is 0 Å². The molecule has 66 valence electrons. The summed E-state index contributed by atoms with van der Waals surface area (Å²) >= 11 is 0. The van der Waals surface area contributed by atoms with E-state index in [2.05, 4.69) is 4.52 Å². The van der Waals surface area contributed by atoms with Crippen molar-refractivity contribution in [2.24, 2.45) is 0 Å². The van der Waals surface area contributed by atoms with Crippen LogP contribution in [-0.2, 0) is 0 Å². The van der Waals surface area contributed by atoms with Crippen LogP contribution in [0.15, 0.2) is 44.4 Å². The van der Waals surface area contributed by atoms with E-state index in [1.165, 1.54) is 0 Å². The number of hydrogen-bond donors (Lipinski definition) is 1. The van der Waals surface area contributed by atoms with Crippen molar-refractivity contribution in [2.45, 2.75) is 0 Å². The van der Waals surface area contributed by atoms with Crippen LogP contribution in [-0.4, -0.2) is 9.72 Å². The number of rotatable bonds is 1. The summed E-state index contributed by atoms with van der Waals surface area (Å²) in [6.07, 6.45) is 0. The fourth-order valence-corrected chi connectivity index (χ4v) is 1.06. The Morgan fingerprint density at radius 3 is 2.38 bits per heavy atom. The maximum atomic E-state index is 11.1. The minimum Gasteiger partial charge on any atom is -0.319 e. The second-order valence-electron chi connectivity index (χ2n) is 2.45. The Morgan fingerprint density at radius 1 is 1.15 bits per heavy atom. The van der Waals surface area contributed by atoms with Crippen LogP contribution < -0.4 is 11.4 Å². The van der Waals surface area contributed by atoms with Gasteiger partial charge in [0.05, 0.1) is 5.69 Å². The van der Waals surface area contributed by atoms with Gasteiger partial charge in [0.15, 0.2) is 0 Å². The van der Waals surface area contributed by atoms with Gasteiger partial charge in [-0.3, -0.25) is 0 Å². The van der Waals surface area contributed by atoms with E-state index in [0.29, 0.717) is 5.69 Å². The molecule has 0 aliphatic carbocycles. The lowest BCUT2D eigenvalue weighted by molar-refractivity contribution is 0.379. The number of aromatic nitrogens is 2. The number of nitrogens with zero attached hydrogens (tertiary/aromatic N) is 1. The van der Waals surface area contributed by atoms with Gasteiger partial charge in [-0.25, -0.2) is 9.59 Å². The summed E-state index contributed by atoms with van der Waals surface area (Å²) in [6.45, 7) is 0. The lowest BCUT2D eigenvalue weighted by atomic mass is 10.3. The molecule has 5 heteroatoms. The van der Waals surface area contributed by atoms with Gasteiger partial charge >= 0.3 is 11.4 Å². The minimum absolute atomic E-state index is 0.488. The molecule has 0 spiro atoms. The molecule has 1 N–H and O–H groups in total. The molecule has 1 aromatic heterocycles. The van der Waals surface area contributed by atoms with E-state index in [1.807, 2.05) is 5.16 Å². The van der Waals surface area contributed by atoms with E-state index in [4.69, 9.17) is 0 Å². The molecule has 1 aromatic carbocycles. The Balaban J connectivity index is 2.73. The van der Waals surface area contributed by atoms with Crippen LogP contribution in [0.4, 0.5) is 0 Å². The van der Waals surface area contributed by atoms with Crippen molar-refractivity contribution in [1.82, 2.24) is 9.72 Å². The van der Waals surface area contributed by atoms with Crippen LogP contribution in [0, 0.1) is 0 Å². The SMILES string of the molecule is O=c1[nH]oc(=O)n1-c1ccccc1. The van der Waals surface area contributed by atoms with Gasteiger partial charge in [0.2, 0.25) is 0 Å². The maximum absolute atomic E-state index is 11.1. The molecular weight excluding hydrogens is 172 g/mol. The second-order valence-corrected chi connectivity index (χ2v) is 2.45. The number of nitrogens with one attached hydrogen (secondary N) is 1. The van der Waals surface area contributed by atoms with E-state index < -0.39 is 11.4 Å². The fraction of sp³-hybridized carbons (Fsp3) is 0. The number of hydrogen-bond acceptors (Lipinski definition) is 3. The molecule has 0 atom stereocenters. The summed E-state index contributed by atoms with van der Waals surface area (Å²) in [5.41, 5.74) is -0.0845. The molecule has 0 saturated heterocycles. The van der Waals surface area contributed by atoms with Crippen LogP contribution >= 0.6 is 0 Å². The van der Waals surface area contributed by atoms with Crippen molar-refractivity contribution in [3.8, 4) is 5.69 Å². The Bertz CT molecular complexity index is 478. The lowest BCUT2D eigenvalue weighted by Crippen LogP contribution is -2.23. The smallest absolute Gasteiger partial charge is 0.319 e. The Labute approximate surface area is 72.2 Å². The molecule has 0 radical (unpaired) electrons. The van der Waals surface area contributed by atoms with Crippen molar-refractivity contribution in [1.29, 1.82) is 0 Å². The standard InChI is InChI=1S/C8H6N2O3/c11-7-9-13-8(12)10(7)6-4-2-1-3-5-6/h1-5H,(H,9,11). The highest BCUT2D eigenvalue weighted by Crippen LogP contribution is 1.99. The van der Waals surface area contributed by atoms with Gasteiger partial charge in [0, 0.05) is 0 Å². The predicted molar refractivity (Wildman–Crippen MR) is 44.9 cm³/mol. The summed E-state index contributed by atoms with van der Waals surface area (Å²) in [5.74, 6) is -0.712. The number of para-hydroxylation sites is 1. The van der Waals surface area contributed by atoms with Crippen LogP contribution in [0.25, 0.3) is 5.69 Å². The van der Waals surface area contributed by atoms with Crippen LogP contribution in [0.2, 0.25) is 0 Å². The average molecular weight is 178 g/mol. The second kappa shape index (κ2) is 2.78. The number of H-pyrrole nitrogens is 1. The lowest BCUT2D eigenvalue weighted by Gasteiger charge is -1.94. The normalized spacial score (nSPS) is 10.2. The van der Waals surface area contributed by atoms with Crippen LogP contribution in [0.3, 0.4) is 0 Å². The molecule has 0 aliphatic heterocycles. The first-order valence-corrected chi connectivity index (χ1v) is 3.65. The molecule has 2 aromatic rings. The first-order valence-electron chi connectivity index (χ1n) is 3.65. The zero-order chi connectivity index (χ0) is 9.26. The van der Waals surface area contributed by atoms with E-state index in [9.17, 15) is 9.59 Å². The van der Waals surface area contributed by atoms with Crippen LogP contribution in [0.5, 0.6) is 0 Å². The predicted octanol–water partition coefficient (Wildman–Crippen LogP) is 0.119. The third-order valence-corrected chi connectivity index (χ3v) is 1.63. The molecule has 5 nitrogen and oxygen atoms in total. The van der Waals surface area contributed by atoms with Gasteiger partial charge in [0.25, 0.3) is 0 Å². The van der Waals surface area contributed by atoms with E-state index >= 15 is 0 Å². The molecule has 0 unspecified atom stereocenters. The summed E-state index contributed by atoms with van der Waals surface area (Å²) in [7, 11) is 0. The molecule has 0 saturated carbocycles. The van der Waals surface area contributed by atoms with Crippen molar-refractivity contribution in [2.75, 3.05) is 0 Å². The third-order valence-electron chi connectivity index (χ3n) is 1.63. The maximum Gasteiger partial charge on any atom is 0.447 e. The highest BCUT2D eigenvalue weighted by Gasteiger charge is 2.05. The van der Waals surface area contributed by atoms with Crippen molar-refractivity contribution < 1.29 is 4.52 Å². The van der Waals surface area contributed by atoms with Gasteiger partial charge in [-0.15, -0.1) is 0 Å². The Kier molecular flexibility index (Phi) is 1.63. The van der Waals surface area contributed by atoms with E-state index in [1.54, 1.807) is 30.3 Å². The van der Waals surface area contributed by atoms with Crippen molar-refractivity contribution >= 4 is 0 Å². The highest BCUT2D eigenvalue weighted by molar-refractivity contribution is 5.29. The molecule has 0 amide bonds. The topological polar surface area (TPSA) is 68.0 Å². The summed E-state index contributed by atoms with van der Waals surface area (Å²) in [5, 5.41) is 1.96. The first-order chi connectivity index (χ1) is 6.29. The summed E-state index contributed by atoms with van der Waals surface area (Å²) in [6, 6.07) is 8.55. The molecule has 1 heterocycles. The Hall–Kier alpha value is -2.04. The average Bonchev–Trinajstić information content (AvgIpc) is 2.48. The highest BCUT2D eigenvalue weighted by atomic mass is 16.5. The van der Waals surface area contributed by atoms with Crippen molar-refractivity contribution in [3.63, 3.8) is 0 Å². The largest absolute Gasteiger partial charge is 0.447 e. The number of aromatic amines is 1. The monoisotopic (exact) mass is 178 g/mol. The molecule has 0 bridgehead atoms. The minimum atomic E-state index is -0.712. The zero-order valence-electron chi connectivity index (χ0n) is 6.56. The van der Waals surface area contributed by atoms with Crippen molar-refractivity contribution in [3.05, 3.63) is 51.4 Å².